The monoisotopic (exact) mass is 279 g/mol. The maximum Gasteiger partial charge on any atom is 0.366 e. The maximum atomic E-state index is 11.7. The van der Waals surface area contributed by atoms with Crippen molar-refractivity contribution in [2.24, 2.45) is 0 Å². The van der Waals surface area contributed by atoms with E-state index in [4.69, 9.17) is 11.9 Å². The molecule has 2 heterocycles. The van der Waals surface area contributed by atoms with E-state index in [0.29, 0.717) is 11.4 Å². The van der Waals surface area contributed by atoms with Crippen molar-refractivity contribution < 1.29 is 9.08 Å². The summed E-state index contributed by atoms with van der Waals surface area (Å²) < 4.78 is 5.44. The normalized spacial score (nSPS) is 13.8. The largest absolute Gasteiger partial charge is 0.376 e. The Kier molecular flexibility index (Phi) is 2.76. The first-order chi connectivity index (χ1) is 8.70. The molecule has 1 aliphatic heterocycles. The number of carbonyl (C=O) groups is 1. The molecule has 1 aromatic carbocycles. The van der Waals surface area contributed by atoms with Gasteiger partial charge in [-0.2, -0.15) is 0 Å². The molecule has 0 atom stereocenters. The van der Waals surface area contributed by atoms with Gasteiger partial charge in [-0.15, -0.1) is 11.3 Å². The van der Waals surface area contributed by atoms with E-state index in [9.17, 15) is 4.79 Å². The van der Waals surface area contributed by atoms with E-state index < -0.39 is 5.97 Å². The van der Waals surface area contributed by atoms with Crippen LogP contribution >= 0.6 is 23.2 Å². The molecule has 2 aromatic rings. The molecular weight excluding hydrogens is 270 g/mol. The lowest BCUT2D eigenvalue weighted by molar-refractivity contribution is 0.0755. The zero-order chi connectivity index (χ0) is 12.7. The minimum atomic E-state index is -0.478. The number of hydrogen-bond acceptors (Lipinski definition) is 4. The van der Waals surface area contributed by atoms with Crippen molar-refractivity contribution in [2.75, 3.05) is 7.05 Å². The van der Waals surface area contributed by atoms with Gasteiger partial charge < -0.3 is 9.19 Å². The van der Waals surface area contributed by atoms with E-state index in [1.165, 1.54) is 11.3 Å². The Morgan fingerprint density at radius 1 is 1.50 bits per heavy atom. The smallest absolute Gasteiger partial charge is 0.366 e. The molecule has 5 heteroatoms. The lowest BCUT2D eigenvalue weighted by Gasteiger charge is -2.11. The summed E-state index contributed by atoms with van der Waals surface area (Å²) in [4.78, 5) is 14.4. The van der Waals surface area contributed by atoms with Crippen molar-refractivity contribution in [3.63, 3.8) is 0 Å². The molecule has 0 bridgehead atoms. The second-order valence-corrected chi connectivity index (χ2v) is 5.43. The average Bonchev–Trinajstić information content (AvgIpc) is 2.65. The third-order valence-electron chi connectivity index (χ3n) is 3.02. The highest BCUT2D eigenvalue weighted by molar-refractivity contribution is 7.21. The lowest BCUT2D eigenvalue weighted by atomic mass is 10.1. The van der Waals surface area contributed by atoms with E-state index in [-0.39, 0.29) is 0 Å². The molecule has 0 saturated heterocycles. The molecule has 0 fully saturated rings. The fourth-order valence-corrected chi connectivity index (χ4v) is 3.49. The van der Waals surface area contributed by atoms with Gasteiger partial charge in [0, 0.05) is 29.2 Å². The van der Waals surface area contributed by atoms with Gasteiger partial charge >= 0.3 is 5.97 Å². The Morgan fingerprint density at radius 2 is 2.33 bits per heavy atom. The lowest BCUT2D eigenvalue weighted by Crippen LogP contribution is -2.11. The zero-order valence-corrected chi connectivity index (χ0v) is 11.2. The van der Waals surface area contributed by atoms with Crippen molar-refractivity contribution in [1.29, 1.82) is 0 Å². The van der Waals surface area contributed by atoms with Crippen LogP contribution in [0.1, 0.15) is 20.8 Å². The predicted molar refractivity (Wildman–Crippen MR) is 73.6 cm³/mol. The number of rotatable bonds is 1. The van der Waals surface area contributed by atoms with Crippen LogP contribution in [-0.2, 0) is 10.8 Å². The van der Waals surface area contributed by atoms with Crippen LogP contribution in [0.15, 0.2) is 24.4 Å². The number of halogens is 1. The molecule has 0 N–H and O–H groups in total. The van der Waals surface area contributed by atoms with Crippen molar-refractivity contribution in [1.82, 2.24) is 4.90 Å². The van der Waals surface area contributed by atoms with E-state index >= 15 is 0 Å². The molecule has 0 spiro atoms. The highest BCUT2D eigenvalue weighted by atomic mass is 35.5. The van der Waals surface area contributed by atoms with Crippen LogP contribution in [0.3, 0.4) is 0 Å². The van der Waals surface area contributed by atoms with Gasteiger partial charge in [-0.25, -0.2) is 4.79 Å². The Labute approximate surface area is 113 Å². The minimum absolute atomic E-state index is 0.478. The molecule has 1 aromatic heterocycles. The van der Waals surface area contributed by atoms with E-state index in [1.54, 1.807) is 0 Å². The summed E-state index contributed by atoms with van der Waals surface area (Å²) in [6.45, 7) is 0.675. The van der Waals surface area contributed by atoms with Gasteiger partial charge in [0.2, 0.25) is 0 Å². The average molecular weight is 280 g/mol. The van der Waals surface area contributed by atoms with Crippen molar-refractivity contribution >= 4 is 45.3 Å². The molecule has 1 aliphatic rings. The molecule has 0 unspecified atom stereocenters. The topological polar surface area (TPSA) is 29.5 Å². The van der Waals surface area contributed by atoms with Crippen LogP contribution in [0.4, 0.5) is 0 Å². The quantitative estimate of drug-likeness (QED) is 0.798. The minimum Gasteiger partial charge on any atom is -0.376 e. The highest BCUT2D eigenvalue weighted by Crippen LogP contribution is 2.37. The SMILES string of the molecule is CN1C=Cc2cccc3sc(C(=O)OCl)c(c23)C1. The summed E-state index contributed by atoms with van der Waals surface area (Å²) in [5, 5.41) is 1.13. The van der Waals surface area contributed by atoms with E-state index in [0.717, 1.165) is 21.2 Å². The molecule has 3 nitrogen and oxygen atoms in total. The van der Waals surface area contributed by atoms with Gasteiger partial charge in [-0.1, -0.05) is 12.1 Å². The van der Waals surface area contributed by atoms with Gasteiger partial charge in [0.1, 0.15) is 16.7 Å². The van der Waals surface area contributed by atoms with Gasteiger partial charge in [0.05, 0.1) is 0 Å². The molecular formula is C13H10ClNO2S. The van der Waals surface area contributed by atoms with Crippen LogP contribution in [0, 0.1) is 0 Å². The molecule has 0 saturated carbocycles. The van der Waals surface area contributed by atoms with Crippen molar-refractivity contribution in [2.45, 2.75) is 6.54 Å². The first-order valence-electron chi connectivity index (χ1n) is 5.46. The number of hydrogen-bond donors (Lipinski definition) is 0. The first-order valence-corrected chi connectivity index (χ1v) is 6.59. The molecule has 0 amide bonds. The van der Waals surface area contributed by atoms with Crippen LogP contribution in [0.25, 0.3) is 16.2 Å². The van der Waals surface area contributed by atoms with E-state index in [1.807, 2.05) is 36.3 Å². The van der Waals surface area contributed by atoms with Gasteiger partial charge in [-0.05, 0) is 23.9 Å². The Morgan fingerprint density at radius 3 is 3.11 bits per heavy atom. The summed E-state index contributed by atoms with van der Waals surface area (Å²) in [6.07, 6.45) is 4.07. The van der Waals surface area contributed by atoms with Gasteiger partial charge in [-0.3, -0.25) is 0 Å². The van der Waals surface area contributed by atoms with Crippen LogP contribution in [0.5, 0.6) is 0 Å². The standard InChI is InChI=1S/C13H10ClNO2S/c1-15-6-5-8-3-2-4-10-11(8)9(7-15)12(18-10)13(16)17-14/h2-6H,7H2,1H3. The molecule has 3 rings (SSSR count). The maximum absolute atomic E-state index is 11.7. The Balaban J connectivity index is 2.34. The summed E-state index contributed by atoms with van der Waals surface area (Å²) in [5.74, 6) is -0.478. The Hall–Kier alpha value is -1.52. The second-order valence-electron chi connectivity index (χ2n) is 4.23. The molecule has 92 valence electrons. The summed E-state index contributed by atoms with van der Waals surface area (Å²) in [6, 6.07) is 6.05. The fourth-order valence-electron chi connectivity index (χ4n) is 2.24. The molecule has 18 heavy (non-hydrogen) atoms. The number of nitrogens with zero attached hydrogens (tertiary/aromatic N) is 1. The summed E-state index contributed by atoms with van der Waals surface area (Å²) in [7, 11) is 1.97. The van der Waals surface area contributed by atoms with E-state index in [2.05, 4.69) is 10.4 Å². The van der Waals surface area contributed by atoms with Gasteiger partial charge in [0.15, 0.2) is 0 Å². The number of carbonyl (C=O) groups excluding carboxylic acids is 1. The number of benzene rings is 1. The van der Waals surface area contributed by atoms with Crippen LogP contribution < -0.4 is 0 Å². The predicted octanol–water partition coefficient (Wildman–Crippen LogP) is 3.63. The Bertz CT molecular complexity index is 662. The third-order valence-corrected chi connectivity index (χ3v) is 4.34. The summed E-state index contributed by atoms with van der Waals surface area (Å²) >= 11 is 6.63. The number of thiophene rings is 1. The van der Waals surface area contributed by atoms with Crippen molar-refractivity contribution in [3.8, 4) is 0 Å². The first kappa shape index (κ1) is 11.6. The zero-order valence-electron chi connectivity index (χ0n) is 9.64. The van der Waals surface area contributed by atoms with Crippen LogP contribution in [-0.4, -0.2) is 17.9 Å². The molecule has 0 aliphatic carbocycles. The summed E-state index contributed by atoms with van der Waals surface area (Å²) in [5.41, 5.74) is 2.11. The fraction of sp³-hybridized carbons (Fsp3) is 0.154. The second kappa shape index (κ2) is 4.30. The molecule has 0 radical (unpaired) electrons. The highest BCUT2D eigenvalue weighted by Gasteiger charge is 2.22. The third kappa shape index (κ3) is 1.69. The van der Waals surface area contributed by atoms with Crippen molar-refractivity contribution in [3.05, 3.63) is 40.4 Å². The van der Waals surface area contributed by atoms with Gasteiger partial charge in [0.25, 0.3) is 0 Å². The van der Waals surface area contributed by atoms with Crippen LogP contribution in [0.2, 0.25) is 0 Å².